The molecule has 2 aromatic rings. The van der Waals surface area contributed by atoms with Gasteiger partial charge in [-0.3, -0.25) is 0 Å². The number of nitriles is 1. The van der Waals surface area contributed by atoms with Crippen LogP contribution in [0.25, 0.3) is 0 Å². The van der Waals surface area contributed by atoms with Crippen molar-refractivity contribution >= 4 is 0 Å². The summed E-state index contributed by atoms with van der Waals surface area (Å²) < 4.78 is 16.0. The van der Waals surface area contributed by atoms with Crippen molar-refractivity contribution in [2.24, 2.45) is 0 Å². The molecule has 0 amide bonds. The molecule has 4 heteroatoms. The third kappa shape index (κ3) is 3.17. The molecule has 0 aliphatic rings. The van der Waals surface area contributed by atoms with E-state index in [4.69, 9.17) is 19.5 Å². The van der Waals surface area contributed by atoms with Crippen LogP contribution in [0.5, 0.6) is 23.0 Å². The summed E-state index contributed by atoms with van der Waals surface area (Å²) in [6.45, 7) is 0. The summed E-state index contributed by atoms with van der Waals surface area (Å²) in [5.74, 6) is 2.47. The molecule has 0 radical (unpaired) electrons. The van der Waals surface area contributed by atoms with E-state index in [9.17, 15) is 0 Å². The largest absolute Gasteiger partial charge is 0.496 e. The van der Waals surface area contributed by atoms with E-state index in [0.29, 0.717) is 28.6 Å². The van der Waals surface area contributed by atoms with Crippen molar-refractivity contribution in [1.29, 1.82) is 5.26 Å². The average molecular weight is 255 g/mol. The van der Waals surface area contributed by atoms with Gasteiger partial charge in [0.2, 0.25) is 0 Å². The van der Waals surface area contributed by atoms with E-state index in [-0.39, 0.29) is 0 Å². The van der Waals surface area contributed by atoms with E-state index in [0.717, 1.165) is 0 Å². The predicted octanol–water partition coefficient (Wildman–Crippen LogP) is 3.37. The molecule has 0 spiro atoms. The third-order valence-corrected chi connectivity index (χ3v) is 2.52. The van der Waals surface area contributed by atoms with Crippen LogP contribution < -0.4 is 14.2 Å². The number of hydrogen-bond acceptors (Lipinski definition) is 4. The Morgan fingerprint density at radius 3 is 2.05 bits per heavy atom. The van der Waals surface area contributed by atoms with Gasteiger partial charge in [0, 0.05) is 18.2 Å². The van der Waals surface area contributed by atoms with Crippen LogP contribution in [0.15, 0.2) is 42.5 Å². The zero-order valence-corrected chi connectivity index (χ0v) is 10.7. The lowest BCUT2D eigenvalue weighted by Gasteiger charge is -2.10. The summed E-state index contributed by atoms with van der Waals surface area (Å²) in [6, 6.07) is 14.3. The van der Waals surface area contributed by atoms with Crippen LogP contribution >= 0.6 is 0 Å². The number of hydrogen-bond donors (Lipinski definition) is 0. The Bertz CT molecular complexity index is 595. The van der Waals surface area contributed by atoms with Gasteiger partial charge in [0.05, 0.1) is 25.9 Å². The average Bonchev–Trinajstić information content (AvgIpc) is 2.47. The molecule has 2 rings (SSSR count). The van der Waals surface area contributed by atoms with Gasteiger partial charge in [-0.05, 0) is 18.2 Å². The smallest absolute Gasteiger partial charge is 0.134 e. The zero-order valence-electron chi connectivity index (χ0n) is 10.7. The van der Waals surface area contributed by atoms with Gasteiger partial charge in [0.1, 0.15) is 23.0 Å². The van der Waals surface area contributed by atoms with Gasteiger partial charge in [-0.2, -0.15) is 5.26 Å². The second-order valence-electron chi connectivity index (χ2n) is 3.79. The minimum absolute atomic E-state index is 0.548. The highest BCUT2D eigenvalue weighted by Gasteiger charge is 2.04. The highest BCUT2D eigenvalue weighted by molar-refractivity contribution is 5.45. The first-order chi connectivity index (χ1) is 9.25. The lowest BCUT2D eigenvalue weighted by molar-refractivity contribution is 0.386. The molecule has 0 heterocycles. The molecule has 0 aromatic heterocycles. The van der Waals surface area contributed by atoms with Gasteiger partial charge in [0.15, 0.2) is 0 Å². The second-order valence-corrected chi connectivity index (χ2v) is 3.79. The molecular formula is C15H13NO3. The first kappa shape index (κ1) is 12.8. The van der Waals surface area contributed by atoms with Crippen molar-refractivity contribution in [3.8, 4) is 29.1 Å². The minimum atomic E-state index is 0.548. The van der Waals surface area contributed by atoms with Crippen LogP contribution in [0.1, 0.15) is 5.56 Å². The molecule has 0 bridgehead atoms. The first-order valence-corrected chi connectivity index (χ1v) is 5.66. The van der Waals surface area contributed by atoms with Crippen molar-refractivity contribution in [2.75, 3.05) is 14.2 Å². The Kier molecular flexibility index (Phi) is 3.89. The number of nitrogens with zero attached hydrogens (tertiary/aromatic N) is 1. The molecule has 0 atom stereocenters. The van der Waals surface area contributed by atoms with Crippen LogP contribution in [-0.4, -0.2) is 14.2 Å². The fourth-order valence-electron chi connectivity index (χ4n) is 1.61. The fraction of sp³-hybridized carbons (Fsp3) is 0.133. The molecule has 0 fully saturated rings. The van der Waals surface area contributed by atoms with E-state index in [1.165, 1.54) is 0 Å². The maximum Gasteiger partial charge on any atom is 0.134 e. The van der Waals surface area contributed by atoms with Crippen molar-refractivity contribution in [1.82, 2.24) is 0 Å². The second kappa shape index (κ2) is 5.78. The normalized spacial score (nSPS) is 9.53. The quantitative estimate of drug-likeness (QED) is 0.840. The maximum atomic E-state index is 8.85. The molecule has 2 aromatic carbocycles. The van der Waals surface area contributed by atoms with Gasteiger partial charge in [-0.15, -0.1) is 0 Å². The molecule has 0 N–H and O–H groups in total. The standard InChI is InChI=1S/C15H13NO3/c1-17-13-7-14(18-2)9-15(8-13)19-12-5-3-4-11(6-12)10-16/h3-9H,1-2H3. The van der Waals surface area contributed by atoms with Crippen molar-refractivity contribution < 1.29 is 14.2 Å². The Balaban J connectivity index is 2.29. The molecule has 0 unspecified atom stereocenters. The van der Waals surface area contributed by atoms with Gasteiger partial charge < -0.3 is 14.2 Å². The Morgan fingerprint density at radius 1 is 0.842 bits per heavy atom. The summed E-state index contributed by atoms with van der Waals surface area (Å²) in [5.41, 5.74) is 0.548. The number of methoxy groups -OCH3 is 2. The predicted molar refractivity (Wildman–Crippen MR) is 70.8 cm³/mol. The number of benzene rings is 2. The van der Waals surface area contributed by atoms with Crippen molar-refractivity contribution in [3.63, 3.8) is 0 Å². The molecule has 19 heavy (non-hydrogen) atoms. The van der Waals surface area contributed by atoms with Crippen LogP contribution in [0, 0.1) is 11.3 Å². The zero-order chi connectivity index (χ0) is 13.7. The van der Waals surface area contributed by atoms with Gasteiger partial charge in [0.25, 0.3) is 0 Å². The monoisotopic (exact) mass is 255 g/mol. The van der Waals surface area contributed by atoms with Crippen LogP contribution in [0.2, 0.25) is 0 Å². The topological polar surface area (TPSA) is 51.5 Å². The Labute approximate surface area is 111 Å². The van der Waals surface area contributed by atoms with Gasteiger partial charge in [-0.25, -0.2) is 0 Å². The van der Waals surface area contributed by atoms with Crippen molar-refractivity contribution in [2.45, 2.75) is 0 Å². The minimum Gasteiger partial charge on any atom is -0.496 e. The SMILES string of the molecule is COc1cc(OC)cc(Oc2cccc(C#N)c2)c1. The molecule has 96 valence electrons. The van der Waals surface area contributed by atoms with Gasteiger partial charge >= 0.3 is 0 Å². The third-order valence-electron chi connectivity index (χ3n) is 2.52. The van der Waals surface area contributed by atoms with Crippen LogP contribution in [0.4, 0.5) is 0 Å². The maximum absolute atomic E-state index is 8.85. The lowest BCUT2D eigenvalue weighted by Crippen LogP contribution is -1.90. The molecular weight excluding hydrogens is 242 g/mol. The lowest BCUT2D eigenvalue weighted by atomic mass is 10.2. The first-order valence-electron chi connectivity index (χ1n) is 5.66. The summed E-state index contributed by atoms with van der Waals surface area (Å²) in [7, 11) is 3.16. The Morgan fingerprint density at radius 2 is 1.47 bits per heavy atom. The summed E-state index contributed by atoms with van der Waals surface area (Å²) in [6.07, 6.45) is 0. The molecule has 0 aliphatic carbocycles. The van der Waals surface area contributed by atoms with Crippen LogP contribution in [0.3, 0.4) is 0 Å². The van der Waals surface area contributed by atoms with E-state index in [1.54, 1.807) is 56.7 Å². The highest BCUT2D eigenvalue weighted by Crippen LogP contribution is 2.30. The number of rotatable bonds is 4. The van der Waals surface area contributed by atoms with E-state index in [1.807, 2.05) is 0 Å². The van der Waals surface area contributed by atoms with E-state index < -0.39 is 0 Å². The summed E-state index contributed by atoms with van der Waals surface area (Å²) in [4.78, 5) is 0. The summed E-state index contributed by atoms with van der Waals surface area (Å²) >= 11 is 0. The van der Waals surface area contributed by atoms with Crippen molar-refractivity contribution in [3.05, 3.63) is 48.0 Å². The Hall–Kier alpha value is -2.67. The molecule has 0 saturated carbocycles. The van der Waals surface area contributed by atoms with Gasteiger partial charge in [-0.1, -0.05) is 6.07 Å². The van der Waals surface area contributed by atoms with Crippen LogP contribution in [-0.2, 0) is 0 Å². The molecule has 0 saturated heterocycles. The highest BCUT2D eigenvalue weighted by atomic mass is 16.5. The van der Waals surface area contributed by atoms with E-state index >= 15 is 0 Å². The number of ether oxygens (including phenoxy) is 3. The summed E-state index contributed by atoms with van der Waals surface area (Å²) in [5, 5.41) is 8.85. The molecule has 4 nitrogen and oxygen atoms in total. The van der Waals surface area contributed by atoms with E-state index in [2.05, 4.69) is 6.07 Å². The fourth-order valence-corrected chi connectivity index (χ4v) is 1.61. The molecule has 0 aliphatic heterocycles.